The highest BCUT2D eigenvalue weighted by atomic mass is 35.5. The van der Waals surface area contributed by atoms with Crippen molar-refractivity contribution in [2.75, 3.05) is 49.2 Å². The largest absolute Gasteiger partial charge is 0.490 e. The van der Waals surface area contributed by atoms with E-state index in [0.717, 1.165) is 64.2 Å². The van der Waals surface area contributed by atoms with Crippen LogP contribution in [0, 0.1) is 47.4 Å². The Kier molecular flexibility index (Phi) is 18.6. The Bertz CT molecular complexity index is 4010. The molecule has 4 aromatic carbocycles. The molecule has 16 nitrogen and oxygen atoms in total. The van der Waals surface area contributed by atoms with Crippen molar-refractivity contribution in [1.82, 2.24) is 19.4 Å². The van der Waals surface area contributed by atoms with Crippen LogP contribution >= 0.6 is 23.2 Å². The van der Waals surface area contributed by atoms with Gasteiger partial charge in [0, 0.05) is 93.5 Å². The number of carbonyl (C=O) groups excluding carboxylic acids is 2. The number of carbonyl (C=O) groups is 2. The number of fused-ring (bicyclic) bond motifs is 8. The number of benzene rings is 4. The fourth-order valence-corrected chi connectivity index (χ4v) is 19.3. The SMILES string of the molecule is C[C@@H]1[C@@H](C)C/C=C/[C@@](O)(c2ccc(F)nc2)[C@@H]2CC[C@H]2CN2C[C@@]3(CCCc4cc(Cl)ccc43)COc3ccc(cc32)C(=O)NS1(=O)=O.C[C@@H]1[C@@H](C)C/C=C/[C@](O)(c2ccc(F)nc2)[C@@H]2CC[C@H]2CN2C[C@@]3(CCCc4cc(Cl)ccc43)COc3ccc(cc32)C(=O)NS1(=O)=O. The second-order valence-electron chi connectivity index (χ2n) is 28.4. The van der Waals surface area contributed by atoms with Crippen molar-refractivity contribution < 1.29 is 54.9 Å². The fourth-order valence-electron chi connectivity index (χ4n) is 16.4. The van der Waals surface area contributed by atoms with Crippen LogP contribution in [0.2, 0.25) is 10.0 Å². The van der Waals surface area contributed by atoms with Crippen molar-refractivity contribution in [2.45, 2.75) is 137 Å². The molecule has 0 saturated heterocycles. The maximum atomic E-state index is 13.9. The van der Waals surface area contributed by atoms with Gasteiger partial charge in [0.1, 0.15) is 22.7 Å². The van der Waals surface area contributed by atoms with Gasteiger partial charge in [-0.1, -0.05) is 73.5 Å². The van der Waals surface area contributed by atoms with Gasteiger partial charge in [0.25, 0.3) is 11.8 Å². The number of halogens is 4. The normalized spacial score (nSPS) is 32.1. The van der Waals surface area contributed by atoms with Gasteiger partial charge in [0.15, 0.2) is 0 Å². The summed E-state index contributed by atoms with van der Waals surface area (Å²) < 4.78 is 99.2. The first-order chi connectivity index (χ1) is 45.8. The van der Waals surface area contributed by atoms with Crippen LogP contribution in [-0.4, -0.2) is 98.7 Å². The second-order valence-corrected chi connectivity index (χ2v) is 33.4. The van der Waals surface area contributed by atoms with E-state index in [-0.39, 0.29) is 57.5 Å². The number of anilines is 2. The smallest absolute Gasteiger partial charge is 0.264 e. The van der Waals surface area contributed by atoms with Crippen LogP contribution < -0.4 is 28.7 Å². The number of hydrogen-bond acceptors (Lipinski definition) is 14. The minimum atomic E-state index is -4.03. The van der Waals surface area contributed by atoms with Gasteiger partial charge in [-0.25, -0.2) is 36.2 Å². The summed E-state index contributed by atoms with van der Waals surface area (Å²) in [6.45, 7) is 9.96. The molecule has 2 saturated carbocycles. The Labute approximate surface area is 571 Å². The number of nitrogens with zero attached hydrogens (tertiary/aromatic N) is 4. The van der Waals surface area contributed by atoms with E-state index in [4.69, 9.17) is 32.7 Å². The molecule has 14 rings (SSSR count). The minimum Gasteiger partial charge on any atom is -0.490 e. The van der Waals surface area contributed by atoms with Crippen molar-refractivity contribution in [1.29, 1.82) is 0 Å². The van der Waals surface area contributed by atoms with Crippen molar-refractivity contribution in [3.63, 3.8) is 0 Å². The number of sulfonamides is 2. The molecule has 4 bridgehead atoms. The lowest BCUT2D eigenvalue weighted by atomic mass is 9.62. The Hall–Kier alpha value is -6.94. The molecule has 96 heavy (non-hydrogen) atoms. The molecule has 0 radical (unpaired) electrons. The number of ether oxygens (including phenoxy) is 2. The third-order valence-corrected chi connectivity index (χ3v) is 27.0. The zero-order valence-electron chi connectivity index (χ0n) is 54.3. The molecule has 12 atom stereocenters. The maximum absolute atomic E-state index is 13.9. The molecule has 4 aliphatic heterocycles. The zero-order chi connectivity index (χ0) is 67.7. The van der Waals surface area contributed by atoms with E-state index in [1.807, 2.05) is 36.4 Å². The second kappa shape index (κ2) is 26.4. The zero-order valence-corrected chi connectivity index (χ0v) is 57.5. The summed E-state index contributed by atoms with van der Waals surface area (Å²) in [7, 11) is -8.07. The molecule has 2 amide bonds. The molecule has 2 aromatic heterocycles. The number of aryl methyl sites for hydroxylation is 2. The topological polar surface area (TPSA) is 218 Å². The van der Waals surface area contributed by atoms with Gasteiger partial charge >= 0.3 is 0 Å². The first-order valence-electron chi connectivity index (χ1n) is 33.5. The predicted octanol–water partition coefficient (Wildman–Crippen LogP) is 12.6. The average molecular weight is 1390 g/mol. The Balaban J connectivity index is 0.000000174. The molecular formula is C74H82Cl2F2N6O10S2. The molecule has 4 N–H and O–H groups in total. The lowest BCUT2D eigenvalue weighted by Gasteiger charge is -2.49. The number of amides is 2. The number of aliphatic hydroxyl groups is 2. The summed E-state index contributed by atoms with van der Waals surface area (Å²) in [4.78, 5) is 39.2. The molecule has 22 heteroatoms. The Morgan fingerprint density at radius 2 is 0.979 bits per heavy atom. The van der Waals surface area contributed by atoms with Crippen LogP contribution in [-0.2, 0) is 54.9 Å². The van der Waals surface area contributed by atoms with E-state index in [1.165, 1.54) is 46.8 Å². The quantitative estimate of drug-likeness (QED) is 0.0937. The van der Waals surface area contributed by atoms with Crippen LogP contribution in [0.25, 0.3) is 0 Å². The van der Waals surface area contributed by atoms with Gasteiger partial charge in [-0.15, -0.1) is 0 Å². The highest BCUT2D eigenvalue weighted by molar-refractivity contribution is 7.91. The van der Waals surface area contributed by atoms with E-state index in [0.29, 0.717) is 96.3 Å². The summed E-state index contributed by atoms with van der Waals surface area (Å²) in [5.41, 5.74) is 4.06. The molecule has 4 aliphatic carbocycles. The highest BCUT2D eigenvalue weighted by Crippen LogP contribution is 2.53. The summed E-state index contributed by atoms with van der Waals surface area (Å²) in [6, 6.07) is 28.0. The first kappa shape index (κ1) is 67.6. The molecule has 2 spiro atoms. The predicted molar refractivity (Wildman–Crippen MR) is 367 cm³/mol. The molecule has 508 valence electrons. The highest BCUT2D eigenvalue weighted by Gasteiger charge is 2.52. The monoisotopic (exact) mass is 1390 g/mol. The van der Waals surface area contributed by atoms with Crippen LogP contribution in [0.5, 0.6) is 11.5 Å². The molecule has 6 heterocycles. The van der Waals surface area contributed by atoms with Gasteiger partial charge in [0.2, 0.25) is 31.9 Å². The van der Waals surface area contributed by atoms with Gasteiger partial charge in [0.05, 0.1) is 35.1 Å². The van der Waals surface area contributed by atoms with Crippen LogP contribution in [0.4, 0.5) is 20.2 Å². The lowest BCUT2D eigenvalue weighted by Crippen LogP contribution is -2.51. The summed E-state index contributed by atoms with van der Waals surface area (Å²) >= 11 is 12.8. The van der Waals surface area contributed by atoms with Gasteiger partial charge in [-0.05, 0) is 222 Å². The van der Waals surface area contributed by atoms with Crippen molar-refractivity contribution >= 4 is 66.4 Å². The van der Waals surface area contributed by atoms with Crippen molar-refractivity contribution in [3.8, 4) is 11.5 Å². The Morgan fingerprint density at radius 3 is 1.35 bits per heavy atom. The third-order valence-electron chi connectivity index (χ3n) is 22.7. The first-order valence-corrected chi connectivity index (χ1v) is 37.4. The third kappa shape index (κ3) is 13.0. The van der Waals surface area contributed by atoms with E-state index in [1.54, 1.807) is 88.4 Å². The van der Waals surface area contributed by atoms with Crippen molar-refractivity contribution in [3.05, 3.63) is 200 Å². The van der Waals surface area contributed by atoms with Crippen molar-refractivity contribution in [2.24, 2.45) is 35.5 Å². The maximum Gasteiger partial charge on any atom is 0.264 e. The van der Waals surface area contributed by atoms with Crippen LogP contribution in [0.15, 0.2) is 134 Å². The van der Waals surface area contributed by atoms with E-state index < -0.39 is 65.5 Å². The van der Waals surface area contributed by atoms with Crippen LogP contribution in [0.1, 0.15) is 146 Å². The van der Waals surface area contributed by atoms with Gasteiger partial charge in [-0.3, -0.25) is 9.59 Å². The van der Waals surface area contributed by atoms with Gasteiger partial charge in [-0.2, -0.15) is 8.78 Å². The van der Waals surface area contributed by atoms with Crippen LogP contribution in [0.3, 0.4) is 0 Å². The number of pyridine rings is 2. The average Bonchev–Trinajstić information content (AvgIpc) is 1.29. The number of aromatic nitrogens is 2. The van der Waals surface area contributed by atoms with E-state index in [9.17, 15) is 45.4 Å². The number of allylic oxidation sites excluding steroid dienone is 2. The summed E-state index contributed by atoms with van der Waals surface area (Å²) in [5.74, 6) is -2.46. The molecule has 6 aromatic rings. The minimum absolute atomic E-state index is 0.0445. The molecular weight excluding hydrogens is 1310 g/mol. The standard InChI is InChI=1S/2C37H41ClFN3O5S/c2*1-23-5-3-16-37(44,28-9-14-34(39)40-19-28)31-11-7-27(31)20-42-21-36(15-4-6-25-17-29(38)10-12-30(25)36)22-47-33-13-8-26(18-32(33)42)35(43)41-48(45,46)24(23)2/h2*3,8-10,12-14,16-19,23-24,27,31,44H,4-7,11,15,20-22H2,1-2H3,(H,41,43)/b2*16-3+/t23-,24+,27-,31+,36-,37+;23-,24+,27-,31+,36-,37-/m00/s1. The molecule has 0 unspecified atom stereocenters. The van der Waals surface area contributed by atoms with Gasteiger partial charge < -0.3 is 29.5 Å². The fraction of sp³-hybridized carbons (Fsp3) is 0.459. The van der Waals surface area contributed by atoms with E-state index in [2.05, 4.69) is 41.3 Å². The molecule has 8 aliphatic rings. The lowest BCUT2D eigenvalue weighted by molar-refractivity contribution is -0.0505. The summed E-state index contributed by atoms with van der Waals surface area (Å²) in [5, 5.41) is 24.5. The number of nitrogens with one attached hydrogen (secondary N) is 2. The number of rotatable bonds is 2. The molecule has 2 fully saturated rings. The van der Waals surface area contributed by atoms with E-state index >= 15 is 0 Å². The number of hydrogen-bond donors (Lipinski definition) is 4. The summed E-state index contributed by atoms with van der Waals surface area (Å²) in [6.07, 6.45) is 19.4. The Morgan fingerprint density at radius 1 is 0.562 bits per heavy atom.